The van der Waals surface area contributed by atoms with Crippen molar-refractivity contribution in [2.24, 2.45) is 0 Å². The first-order valence-corrected chi connectivity index (χ1v) is 10.7. The summed E-state index contributed by atoms with van der Waals surface area (Å²) in [6.45, 7) is 4.54. The molecule has 0 aromatic carbocycles. The summed E-state index contributed by atoms with van der Waals surface area (Å²) in [7, 11) is 0. The summed E-state index contributed by atoms with van der Waals surface area (Å²) in [5.74, 6) is 0. The molecular formula is C22H45. The van der Waals surface area contributed by atoms with Crippen LogP contribution < -0.4 is 0 Å². The van der Waals surface area contributed by atoms with Gasteiger partial charge >= 0.3 is 0 Å². The van der Waals surface area contributed by atoms with Crippen LogP contribution in [-0.2, 0) is 0 Å². The Morgan fingerprint density at radius 1 is 0.409 bits per heavy atom. The fourth-order valence-electron chi connectivity index (χ4n) is 3.22. The van der Waals surface area contributed by atoms with Crippen LogP contribution in [0.1, 0.15) is 136 Å². The third-order valence-electron chi connectivity index (χ3n) is 4.80. The summed E-state index contributed by atoms with van der Waals surface area (Å²) >= 11 is 0. The first-order chi connectivity index (χ1) is 10.9. The van der Waals surface area contributed by atoms with Crippen LogP contribution in [0.3, 0.4) is 0 Å². The number of hydrogen-bond acceptors (Lipinski definition) is 0. The average molecular weight is 310 g/mol. The second kappa shape index (κ2) is 21.0. The SMILES string of the molecule is CC[CH]CCCCCCCCCCCCCCCCCCC. The molecule has 0 spiro atoms. The van der Waals surface area contributed by atoms with Crippen molar-refractivity contribution >= 4 is 0 Å². The van der Waals surface area contributed by atoms with E-state index >= 15 is 0 Å². The van der Waals surface area contributed by atoms with Gasteiger partial charge in [-0.2, -0.15) is 0 Å². The number of unbranched alkanes of at least 4 members (excludes halogenated alkanes) is 19. The van der Waals surface area contributed by atoms with Crippen LogP contribution in [0, 0.1) is 6.42 Å². The van der Waals surface area contributed by atoms with Crippen LogP contribution in [0.25, 0.3) is 0 Å². The van der Waals surface area contributed by atoms with Gasteiger partial charge in [-0.15, -0.1) is 0 Å². The molecule has 0 unspecified atom stereocenters. The Morgan fingerprint density at radius 2 is 0.727 bits per heavy atom. The Balaban J connectivity index is 2.91. The van der Waals surface area contributed by atoms with Crippen LogP contribution in [-0.4, -0.2) is 0 Å². The zero-order valence-electron chi connectivity index (χ0n) is 16.0. The van der Waals surface area contributed by atoms with E-state index in [4.69, 9.17) is 0 Å². The molecule has 1 radical (unpaired) electrons. The summed E-state index contributed by atoms with van der Waals surface area (Å²) in [4.78, 5) is 0. The minimum Gasteiger partial charge on any atom is -0.0654 e. The fraction of sp³-hybridized carbons (Fsp3) is 0.955. The van der Waals surface area contributed by atoms with Crippen molar-refractivity contribution in [3.8, 4) is 0 Å². The Hall–Kier alpha value is 0. The highest BCUT2D eigenvalue weighted by atomic mass is 14.0. The van der Waals surface area contributed by atoms with E-state index in [1.165, 1.54) is 122 Å². The van der Waals surface area contributed by atoms with Gasteiger partial charge in [-0.1, -0.05) is 136 Å². The second-order valence-corrected chi connectivity index (χ2v) is 7.14. The summed E-state index contributed by atoms with van der Waals surface area (Å²) in [5, 5.41) is 0. The largest absolute Gasteiger partial charge is 0.0654 e. The summed E-state index contributed by atoms with van der Waals surface area (Å²) in [5.41, 5.74) is 0. The average Bonchev–Trinajstić information content (AvgIpc) is 2.54. The van der Waals surface area contributed by atoms with Crippen molar-refractivity contribution in [1.82, 2.24) is 0 Å². The highest BCUT2D eigenvalue weighted by Gasteiger charge is 1.94. The molecule has 0 aliphatic heterocycles. The molecule has 0 fully saturated rings. The zero-order chi connectivity index (χ0) is 16.1. The van der Waals surface area contributed by atoms with Crippen LogP contribution in [0.4, 0.5) is 0 Å². The van der Waals surface area contributed by atoms with Crippen molar-refractivity contribution in [2.45, 2.75) is 136 Å². The van der Waals surface area contributed by atoms with Crippen LogP contribution in [0.15, 0.2) is 0 Å². The van der Waals surface area contributed by atoms with Gasteiger partial charge in [0.1, 0.15) is 0 Å². The lowest BCUT2D eigenvalue weighted by atomic mass is 10.0. The Bertz CT molecular complexity index is 153. The van der Waals surface area contributed by atoms with Gasteiger partial charge in [0.05, 0.1) is 0 Å². The predicted molar refractivity (Wildman–Crippen MR) is 103 cm³/mol. The predicted octanol–water partition coefficient (Wildman–Crippen LogP) is 8.64. The number of hydrogen-bond donors (Lipinski definition) is 0. The summed E-state index contributed by atoms with van der Waals surface area (Å²) in [6.07, 6.45) is 30.0. The molecule has 22 heavy (non-hydrogen) atoms. The highest BCUT2D eigenvalue weighted by Crippen LogP contribution is 2.14. The van der Waals surface area contributed by atoms with Gasteiger partial charge < -0.3 is 0 Å². The molecule has 0 nitrogen and oxygen atoms in total. The van der Waals surface area contributed by atoms with Crippen LogP contribution in [0.5, 0.6) is 0 Å². The monoisotopic (exact) mass is 309 g/mol. The molecule has 0 aromatic heterocycles. The minimum absolute atomic E-state index is 1.25. The maximum atomic E-state index is 2.42. The molecule has 0 amide bonds. The molecule has 0 atom stereocenters. The Morgan fingerprint density at radius 3 is 1.05 bits per heavy atom. The molecule has 0 heterocycles. The number of rotatable bonds is 19. The minimum atomic E-state index is 1.25. The Kier molecular flexibility index (Phi) is 21.0. The molecule has 133 valence electrons. The van der Waals surface area contributed by atoms with Gasteiger partial charge in [-0.25, -0.2) is 0 Å². The van der Waals surface area contributed by atoms with E-state index in [0.717, 1.165) is 0 Å². The van der Waals surface area contributed by atoms with Gasteiger partial charge in [0.25, 0.3) is 0 Å². The van der Waals surface area contributed by atoms with Gasteiger partial charge in [0.15, 0.2) is 0 Å². The van der Waals surface area contributed by atoms with Gasteiger partial charge in [0, 0.05) is 0 Å². The maximum absolute atomic E-state index is 2.42. The standard InChI is InChI=1S/C22H45/c1-3-5-7-9-11-13-15-17-19-21-22-20-18-16-14-12-10-8-6-4-2/h5H,3-4,6-22H2,1-2H3. The third-order valence-corrected chi connectivity index (χ3v) is 4.80. The smallest absolute Gasteiger partial charge is 0.0389 e. The maximum Gasteiger partial charge on any atom is -0.0389 e. The summed E-state index contributed by atoms with van der Waals surface area (Å²) in [6, 6.07) is 0. The first kappa shape index (κ1) is 22.0. The Labute approximate surface area is 142 Å². The van der Waals surface area contributed by atoms with Crippen LogP contribution >= 0.6 is 0 Å². The molecule has 0 saturated heterocycles. The van der Waals surface area contributed by atoms with Gasteiger partial charge in [-0.05, 0) is 6.42 Å². The van der Waals surface area contributed by atoms with Gasteiger partial charge in [0.2, 0.25) is 0 Å². The first-order valence-electron chi connectivity index (χ1n) is 10.7. The van der Waals surface area contributed by atoms with E-state index < -0.39 is 0 Å². The van der Waals surface area contributed by atoms with Crippen molar-refractivity contribution < 1.29 is 0 Å². The molecule has 0 saturated carbocycles. The highest BCUT2D eigenvalue weighted by molar-refractivity contribution is 4.60. The quantitative estimate of drug-likeness (QED) is 0.209. The van der Waals surface area contributed by atoms with E-state index in [9.17, 15) is 0 Å². The van der Waals surface area contributed by atoms with E-state index in [1.54, 1.807) is 0 Å². The lowest BCUT2D eigenvalue weighted by Crippen LogP contribution is -1.84. The lowest BCUT2D eigenvalue weighted by Gasteiger charge is -2.03. The normalized spacial score (nSPS) is 11.2. The van der Waals surface area contributed by atoms with E-state index in [0.29, 0.717) is 0 Å². The summed E-state index contributed by atoms with van der Waals surface area (Å²) < 4.78 is 0. The van der Waals surface area contributed by atoms with E-state index in [-0.39, 0.29) is 0 Å². The topological polar surface area (TPSA) is 0 Å². The van der Waals surface area contributed by atoms with Gasteiger partial charge in [-0.3, -0.25) is 0 Å². The van der Waals surface area contributed by atoms with E-state index in [2.05, 4.69) is 20.3 Å². The molecule has 0 aliphatic rings. The molecule has 0 bridgehead atoms. The second-order valence-electron chi connectivity index (χ2n) is 7.14. The van der Waals surface area contributed by atoms with Crippen LogP contribution in [0.2, 0.25) is 0 Å². The molecule has 0 aromatic rings. The van der Waals surface area contributed by atoms with Crippen molar-refractivity contribution in [2.75, 3.05) is 0 Å². The molecule has 0 heteroatoms. The molecule has 0 aliphatic carbocycles. The molecule has 0 N–H and O–H groups in total. The lowest BCUT2D eigenvalue weighted by molar-refractivity contribution is 0.526. The van der Waals surface area contributed by atoms with Crippen molar-refractivity contribution in [3.05, 3.63) is 6.42 Å². The third kappa shape index (κ3) is 20.0. The molecule has 0 rings (SSSR count). The molecular weight excluding hydrogens is 264 g/mol. The zero-order valence-corrected chi connectivity index (χ0v) is 16.0. The van der Waals surface area contributed by atoms with E-state index in [1.807, 2.05) is 0 Å². The fourth-order valence-corrected chi connectivity index (χ4v) is 3.22. The van der Waals surface area contributed by atoms with Crippen molar-refractivity contribution in [3.63, 3.8) is 0 Å². The van der Waals surface area contributed by atoms with Crippen molar-refractivity contribution in [1.29, 1.82) is 0 Å².